The molecule has 2 aromatic rings. The molecule has 0 unspecified atom stereocenters. The Labute approximate surface area is 181 Å². The molecule has 0 nitrogen and oxygen atoms in total. The number of rotatable bonds is 2. The van der Waals surface area contributed by atoms with Crippen molar-refractivity contribution in [3.63, 3.8) is 0 Å². The summed E-state index contributed by atoms with van der Waals surface area (Å²) in [7, 11) is 0. The van der Waals surface area contributed by atoms with Gasteiger partial charge in [-0.3, -0.25) is 0 Å². The summed E-state index contributed by atoms with van der Waals surface area (Å²) in [6, 6.07) is 17.6. The van der Waals surface area contributed by atoms with E-state index in [1.807, 2.05) is 0 Å². The van der Waals surface area contributed by atoms with E-state index >= 15 is 0 Å². The van der Waals surface area contributed by atoms with Crippen molar-refractivity contribution in [1.29, 1.82) is 0 Å². The predicted molar refractivity (Wildman–Crippen MR) is 86.5 cm³/mol. The molecular weight excluding hydrogens is 491 g/mol. The molecule has 0 radical (unpaired) electrons. The van der Waals surface area contributed by atoms with Gasteiger partial charge >= 0.3 is 26.2 Å². The molecule has 4 rings (SSSR count). The SMILES string of the molecule is [Br-].[Br-].[Zr+4].c1cc[c-](C2CCCC2)c1.c1cc[c-](C2CCCC2)c1. The number of halogens is 2. The van der Waals surface area contributed by atoms with Gasteiger partial charge in [-0.05, 0) is 0 Å². The van der Waals surface area contributed by atoms with Gasteiger partial charge in [-0.15, -0.1) is 0 Å². The van der Waals surface area contributed by atoms with Crippen LogP contribution in [0.25, 0.3) is 0 Å². The Bertz CT molecular complexity index is 417. The van der Waals surface area contributed by atoms with Crippen LogP contribution in [0, 0.1) is 0 Å². The van der Waals surface area contributed by atoms with Crippen LogP contribution in [0.5, 0.6) is 0 Å². The van der Waals surface area contributed by atoms with Crippen LogP contribution < -0.4 is 34.0 Å². The van der Waals surface area contributed by atoms with Gasteiger partial charge in [0.05, 0.1) is 0 Å². The zero-order chi connectivity index (χ0) is 13.6. The van der Waals surface area contributed by atoms with Crippen molar-refractivity contribution in [2.45, 2.75) is 63.2 Å². The van der Waals surface area contributed by atoms with Crippen LogP contribution >= 0.6 is 0 Å². The summed E-state index contributed by atoms with van der Waals surface area (Å²) in [5, 5.41) is 0. The van der Waals surface area contributed by atoms with Crippen LogP contribution in [0.4, 0.5) is 0 Å². The Kier molecular flexibility index (Phi) is 13.1. The largest absolute Gasteiger partial charge is 4.00 e. The van der Waals surface area contributed by atoms with Gasteiger partial charge in [0, 0.05) is 0 Å². The molecule has 0 atom stereocenters. The molecule has 2 aliphatic carbocycles. The van der Waals surface area contributed by atoms with E-state index in [4.69, 9.17) is 0 Å². The first-order chi connectivity index (χ1) is 9.93. The van der Waals surface area contributed by atoms with Crippen molar-refractivity contribution in [2.75, 3.05) is 0 Å². The quantitative estimate of drug-likeness (QED) is 0.498. The second-order valence-electron chi connectivity index (χ2n) is 6.40. The monoisotopic (exact) mass is 514 g/mol. The summed E-state index contributed by atoms with van der Waals surface area (Å²) in [6.07, 6.45) is 11.4. The molecule has 2 fully saturated rings. The van der Waals surface area contributed by atoms with Gasteiger partial charge in [-0.1, -0.05) is 63.2 Å². The Hall–Kier alpha value is 0.543. The zero-order valence-corrected chi connectivity index (χ0v) is 19.3. The molecule has 2 aliphatic rings. The van der Waals surface area contributed by atoms with Crippen LogP contribution in [0.2, 0.25) is 0 Å². The first-order valence-electron chi connectivity index (χ1n) is 8.37. The van der Waals surface area contributed by atoms with E-state index in [1.165, 1.54) is 51.4 Å². The van der Waals surface area contributed by atoms with E-state index in [1.54, 1.807) is 11.1 Å². The third-order valence-corrected chi connectivity index (χ3v) is 5.03. The van der Waals surface area contributed by atoms with Crippen molar-refractivity contribution in [1.82, 2.24) is 0 Å². The molecule has 0 heterocycles. The van der Waals surface area contributed by atoms with E-state index in [9.17, 15) is 0 Å². The number of hydrogen-bond acceptors (Lipinski definition) is 0. The van der Waals surface area contributed by atoms with Gasteiger partial charge < -0.3 is 34.0 Å². The fourth-order valence-electron chi connectivity index (χ4n) is 3.84. The summed E-state index contributed by atoms with van der Waals surface area (Å²) < 4.78 is 0. The maximum absolute atomic E-state index is 2.26. The molecular formula is C20H26Br2Zr. The Morgan fingerprint density at radius 1 is 0.522 bits per heavy atom. The average molecular weight is 517 g/mol. The van der Waals surface area contributed by atoms with Crippen molar-refractivity contribution in [2.24, 2.45) is 0 Å². The van der Waals surface area contributed by atoms with Gasteiger partial charge in [0.15, 0.2) is 0 Å². The molecule has 0 bridgehead atoms. The summed E-state index contributed by atoms with van der Waals surface area (Å²) in [6.45, 7) is 0. The van der Waals surface area contributed by atoms with E-state index in [2.05, 4.69) is 48.5 Å². The van der Waals surface area contributed by atoms with Crippen LogP contribution in [0.1, 0.15) is 74.3 Å². The molecule has 23 heavy (non-hydrogen) atoms. The number of hydrogen-bond donors (Lipinski definition) is 0. The summed E-state index contributed by atoms with van der Waals surface area (Å²) >= 11 is 0. The molecule has 0 aliphatic heterocycles. The normalized spacial score (nSPS) is 17.4. The molecule has 0 aromatic heterocycles. The summed E-state index contributed by atoms with van der Waals surface area (Å²) in [5.74, 6) is 1.80. The standard InChI is InChI=1S/2C10H13.2BrH.Zr/c2*1-2-6-9(5-1)10-7-3-4-8-10;;;/h2*1-2,5-6,10H,3-4,7-8H2;2*1H;/q2*-1;;;+4/p-2. The van der Waals surface area contributed by atoms with Crippen molar-refractivity contribution in [3.8, 4) is 0 Å². The van der Waals surface area contributed by atoms with Gasteiger partial charge in [0.25, 0.3) is 0 Å². The van der Waals surface area contributed by atoms with Gasteiger partial charge in [-0.25, -0.2) is 24.3 Å². The Morgan fingerprint density at radius 2 is 0.783 bits per heavy atom. The third-order valence-electron chi connectivity index (χ3n) is 5.03. The van der Waals surface area contributed by atoms with Gasteiger partial charge in [-0.2, -0.15) is 35.4 Å². The summed E-state index contributed by atoms with van der Waals surface area (Å²) in [4.78, 5) is 0. The molecule has 0 amide bonds. The van der Waals surface area contributed by atoms with Crippen LogP contribution in [0.15, 0.2) is 48.5 Å². The van der Waals surface area contributed by atoms with Crippen LogP contribution in [-0.4, -0.2) is 0 Å². The van der Waals surface area contributed by atoms with Gasteiger partial charge in [0.2, 0.25) is 0 Å². The van der Waals surface area contributed by atoms with Gasteiger partial charge in [0.1, 0.15) is 0 Å². The topological polar surface area (TPSA) is 0 Å². The smallest absolute Gasteiger partial charge is 1.00 e. The average Bonchev–Trinajstić information content (AvgIpc) is 3.29. The van der Waals surface area contributed by atoms with Crippen molar-refractivity contribution < 1.29 is 60.2 Å². The molecule has 0 N–H and O–H groups in total. The molecule has 3 heteroatoms. The van der Waals surface area contributed by atoms with Crippen molar-refractivity contribution >= 4 is 0 Å². The third kappa shape index (κ3) is 7.12. The fraction of sp³-hybridized carbons (Fsp3) is 0.500. The molecule has 2 aromatic carbocycles. The van der Waals surface area contributed by atoms with E-state index in [-0.39, 0.29) is 60.2 Å². The summed E-state index contributed by atoms with van der Waals surface area (Å²) in [5.41, 5.74) is 3.13. The maximum Gasteiger partial charge on any atom is 4.00 e. The fourth-order valence-corrected chi connectivity index (χ4v) is 3.84. The Balaban J connectivity index is 0.000000372. The second kappa shape index (κ2) is 12.8. The maximum atomic E-state index is 2.26. The van der Waals surface area contributed by atoms with Crippen LogP contribution in [-0.2, 0) is 26.2 Å². The minimum atomic E-state index is 0. The van der Waals surface area contributed by atoms with Crippen LogP contribution in [0.3, 0.4) is 0 Å². The second-order valence-corrected chi connectivity index (χ2v) is 6.40. The predicted octanol–water partition coefficient (Wildman–Crippen LogP) is 0.132. The Morgan fingerprint density at radius 3 is 1.04 bits per heavy atom. The zero-order valence-electron chi connectivity index (χ0n) is 13.7. The molecule has 0 saturated heterocycles. The minimum Gasteiger partial charge on any atom is -1.00 e. The van der Waals surface area contributed by atoms with E-state index in [0.717, 1.165) is 11.8 Å². The van der Waals surface area contributed by atoms with E-state index in [0.29, 0.717) is 0 Å². The first kappa shape index (κ1) is 23.5. The first-order valence-corrected chi connectivity index (χ1v) is 8.37. The molecule has 0 spiro atoms. The van der Waals surface area contributed by atoms with Crippen molar-refractivity contribution in [3.05, 3.63) is 59.7 Å². The van der Waals surface area contributed by atoms with E-state index < -0.39 is 0 Å². The molecule has 124 valence electrons. The molecule has 2 saturated carbocycles. The minimum absolute atomic E-state index is 0.